The molecular weight excluding hydrogens is 392 g/mol. The van der Waals surface area contributed by atoms with E-state index < -0.39 is 0 Å². The van der Waals surface area contributed by atoms with Gasteiger partial charge in [0.2, 0.25) is 17.6 Å². The number of nitrogens with zero attached hydrogens (tertiary/aromatic N) is 5. The third-order valence-corrected chi connectivity index (χ3v) is 4.36. The molecule has 0 saturated carbocycles. The fourth-order valence-electron chi connectivity index (χ4n) is 2.69. The van der Waals surface area contributed by atoms with Gasteiger partial charge in [-0.1, -0.05) is 22.8 Å². The second kappa shape index (κ2) is 8.66. The summed E-state index contributed by atoms with van der Waals surface area (Å²) in [5.74, 6) is 1.17. The molecule has 0 unspecified atom stereocenters. The van der Waals surface area contributed by atoms with Gasteiger partial charge in [-0.05, 0) is 35.9 Å². The molecule has 4 rings (SSSR count). The van der Waals surface area contributed by atoms with Crippen LogP contribution in [0.1, 0.15) is 17.9 Å². The smallest absolute Gasteiger partial charge is 0.227 e. The van der Waals surface area contributed by atoms with Gasteiger partial charge in [0, 0.05) is 48.1 Å². The third-order valence-electron chi connectivity index (χ3n) is 4.11. The molecule has 0 spiro atoms. The lowest BCUT2D eigenvalue weighted by molar-refractivity contribution is -0.116. The first-order valence-electron chi connectivity index (χ1n) is 8.96. The summed E-state index contributed by atoms with van der Waals surface area (Å²) in [7, 11) is 0. The normalized spacial score (nSPS) is 10.8. The highest BCUT2D eigenvalue weighted by molar-refractivity contribution is 6.30. The number of carbonyl (C=O) groups excluding carboxylic acids is 1. The van der Waals surface area contributed by atoms with Crippen LogP contribution in [0.5, 0.6) is 0 Å². The molecule has 8 nitrogen and oxygen atoms in total. The summed E-state index contributed by atoms with van der Waals surface area (Å²) in [4.78, 5) is 20.6. The van der Waals surface area contributed by atoms with E-state index in [1.807, 2.05) is 24.3 Å². The van der Waals surface area contributed by atoms with E-state index in [9.17, 15) is 4.79 Å². The van der Waals surface area contributed by atoms with E-state index in [4.69, 9.17) is 16.1 Å². The van der Waals surface area contributed by atoms with Gasteiger partial charge in [-0.2, -0.15) is 10.1 Å². The van der Waals surface area contributed by atoms with Crippen molar-refractivity contribution < 1.29 is 9.32 Å². The summed E-state index contributed by atoms with van der Waals surface area (Å²) in [6.07, 6.45) is 5.85. The van der Waals surface area contributed by atoms with Crippen LogP contribution in [0.4, 0.5) is 5.82 Å². The number of hydrogen-bond donors (Lipinski definition) is 1. The van der Waals surface area contributed by atoms with E-state index in [1.54, 1.807) is 41.5 Å². The van der Waals surface area contributed by atoms with Gasteiger partial charge in [0.1, 0.15) is 0 Å². The molecular formula is C20H17ClN6O2. The molecule has 29 heavy (non-hydrogen) atoms. The van der Waals surface area contributed by atoms with Crippen LogP contribution in [0.15, 0.2) is 65.6 Å². The molecule has 0 saturated heterocycles. The van der Waals surface area contributed by atoms with Crippen molar-refractivity contribution in [1.82, 2.24) is 24.9 Å². The number of carbonyl (C=O) groups is 1. The standard InChI is InChI=1S/C20H17ClN6O2/c21-16-5-3-15(4-6-16)20-24-19(29-26-20)8-7-18(28)23-17-9-11-27(25-17)13-14-2-1-10-22-12-14/h1-6,9-12H,7-8,13H2,(H,23,25,28). The van der Waals surface area contributed by atoms with Crippen LogP contribution < -0.4 is 5.32 Å². The van der Waals surface area contributed by atoms with E-state index in [1.165, 1.54) is 0 Å². The molecule has 0 aliphatic heterocycles. The molecule has 146 valence electrons. The van der Waals surface area contributed by atoms with Crippen LogP contribution in [-0.2, 0) is 17.8 Å². The Kier molecular flexibility index (Phi) is 5.62. The van der Waals surface area contributed by atoms with Gasteiger partial charge in [-0.15, -0.1) is 0 Å². The average Bonchev–Trinajstić information content (AvgIpc) is 3.37. The van der Waals surface area contributed by atoms with Gasteiger partial charge < -0.3 is 9.84 Å². The summed E-state index contributed by atoms with van der Waals surface area (Å²) in [5, 5.41) is 11.7. The molecule has 0 radical (unpaired) electrons. The van der Waals surface area contributed by atoms with Gasteiger partial charge in [-0.3, -0.25) is 14.5 Å². The molecule has 3 aromatic heterocycles. The molecule has 0 aliphatic carbocycles. The number of nitrogens with one attached hydrogen (secondary N) is 1. The lowest BCUT2D eigenvalue weighted by Crippen LogP contribution is -2.13. The average molecular weight is 409 g/mol. The Morgan fingerprint density at radius 3 is 2.83 bits per heavy atom. The fourth-order valence-corrected chi connectivity index (χ4v) is 2.82. The first-order valence-corrected chi connectivity index (χ1v) is 9.34. The van der Waals surface area contributed by atoms with Crippen molar-refractivity contribution in [1.29, 1.82) is 0 Å². The molecule has 0 aliphatic rings. The fraction of sp³-hybridized carbons (Fsp3) is 0.150. The predicted octanol–water partition coefficient (Wildman–Crippen LogP) is 3.60. The number of hydrogen-bond acceptors (Lipinski definition) is 6. The van der Waals surface area contributed by atoms with Crippen molar-refractivity contribution in [3.8, 4) is 11.4 Å². The molecule has 1 amide bonds. The highest BCUT2D eigenvalue weighted by atomic mass is 35.5. The maximum atomic E-state index is 12.2. The summed E-state index contributed by atoms with van der Waals surface area (Å²) in [5.41, 5.74) is 1.83. The summed E-state index contributed by atoms with van der Waals surface area (Å²) < 4.78 is 6.96. The van der Waals surface area contributed by atoms with Crippen LogP contribution in [-0.4, -0.2) is 30.8 Å². The molecule has 1 N–H and O–H groups in total. The Labute approximate surface area is 171 Å². The molecule has 0 atom stereocenters. The van der Waals surface area contributed by atoms with Crippen LogP contribution in [0, 0.1) is 0 Å². The number of aryl methyl sites for hydroxylation is 1. The number of halogens is 1. The van der Waals surface area contributed by atoms with E-state index >= 15 is 0 Å². The SMILES string of the molecule is O=C(CCc1nc(-c2ccc(Cl)cc2)no1)Nc1ccn(Cc2cccnc2)n1. The zero-order valence-electron chi connectivity index (χ0n) is 15.3. The predicted molar refractivity (Wildman–Crippen MR) is 107 cm³/mol. The number of rotatable bonds is 7. The minimum atomic E-state index is -0.178. The Morgan fingerprint density at radius 1 is 1.17 bits per heavy atom. The second-order valence-corrected chi connectivity index (χ2v) is 6.76. The lowest BCUT2D eigenvalue weighted by atomic mass is 10.2. The topological polar surface area (TPSA) is 98.7 Å². The Bertz CT molecular complexity index is 1090. The van der Waals surface area contributed by atoms with E-state index in [0.717, 1.165) is 11.1 Å². The Morgan fingerprint density at radius 2 is 2.03 bits per heavy atom. The molecule has 0 bridgehead atoms. The van der Waals surface area contributed by atoms with E-state index in [2.05, 4.69) is 25.5 Å². The number of amides is 1. The largest absolute Gasteiger partial charge is 0.339 e. The second-order valence-electron chi connectivity index (χ2n) is 6.33. The van der Waals surface area contributed by atoms with Crippen LogP contribution >= 0.6 is 11.6 Å². The zero-order chi connectivity index (χ0) is 20.1. The van der Waals surface area contributed by atoms with Gasteiger partial charge in [0.25, 0.3) is 0 Å². The quantitative estimate of drug-likeness (QED) is 0.501. The van der Waals surface area contributed by atoms with E-state index in [0.29, 0.717) is 35.5 Å². The molecule has 9 heteroatoms. The first kappa shape index (κ1) is 18.8. The van der Waals surface area contributed by atoms with Crippen molar-refractivity contribution in [2.75, 3.05) is 5.32 Å². The minimum Gasteiger partial charge on any atom is -0.339 e. The summed E-state index contributed by atoms with van der Waals surface area (Å²) in [6.45, 7) is 0.583. The van der Waals surface area contributed by atoms with Crippen molar-refractivity contribution in [2.45, 2.75) is 19.4 Å². The zero-order valence-corrected chi connectivity index (χ0v) is 16.1. The third kappa shape index (κ3) is 5.05. The van der Waals surface area contributed by atoms with Crippen molar-refractivity contribution in [3.63, 3.8) is 0 Å². The van der Waals surface area contributed by atoms with Gasteiger partial charge in [-0.25, -0.2) is 0 Å². The molecule has 4 aromatic rings. The Hall–Kier alpha value is -3.52. The van der Waals surface area contributed by atoms with Crippen molar-refractivity contribution >= 4 is 23.3 Å². The van der Waals surface area contributed by atoms with Gasteiger partial charge >= 0.3 is 0 Å². The van der Waals surface area contributed by atoms with Gasteiger partial charge in [0.05, 0.1) is 6.54 Å². The Balaban J connectivity index is 1.29. The number of anilines is 1. The highest BCUT2D eigenvalue weighted by Crippen LogP contribution is 2.19. The molecule has 1 aromatic carbocycles. The maximum Gasteiger partial charge on any atom is 0.227 e. The maximum absolute atomic E-state index is 12.2. The van der Waals surface area contributed by atoms with Crippen LogP contribution in [0.3, 0.4) is 0 Å². The van der Waals surface area contributed by atoms with Crippen LogP contribution in [0.2, 0.25) is 5.02 Å². The number of pyridine rings is 1. The summed E-state index contributed by atoms with van der Waals surface area (Å²) >= 11 is 5.88. The minimum absolute atomic E-state index is 0.178. The number of aromatic nitrogens is 5. The molecule has 0 fully saturated rings. The highest BCUT2D eigenvalue weighted by Gasteiger charge is 2.12. The lowest BCUT2D eigenvalue weighted by Gasteiger charge is -2.02. The summed E-state index contributed by atoms with van der Waals surface area (Å²) in [6, 6.07) is 12.7. The van der Waals surface area contributed by atoms with Crippen molar-refractivity contribution in [2.24, 2.45) is 0 Å². The van der Waals surface area contributed by atoms with E-state index in [-0.39, 0.29) is 12.3 Å². The number of benzene rings is 1. The first-order chi connectivity index (χ1) is 14.2. The van der Waals surface area contributed by atoms with Crippen LogP contribution in [0.25, 0.3) is 11.4 Å². The van der Waals surface area contributed by atoms with Gasteiger partial charge in [0.15, 0.2) is 5.82 Å². The monoisotopic (exact) mass is 408 g/mol. The molecule has 3 heterocycles. The van der Waals surface area contributed by atoms with Crippen molar-refractivity contribution in [3.05, 3.63) is 77.5 Å².